The number of rotatable bonds is 6. The molecule has 1 aromatic carbocycles. The molecule has 0 aliphatic rings. The summed E-state index contributed by atoms with van der Waals surface area (Å²) in [7, 11) is 1.62. The molecule has 9 heteroatoms. The summed E-state index contributed by atoms with van der Waals surface area (Å²) in [5, 5.41) is 11.3. The summed E-state index contributed by atoms with van der Waals surface area (Å²) < 4.78 is 0. The number of carbonyl (C=O) groups is 1. The smallest absolute Gasteiger partial charge is 0.270 e. The predicted molar refractivity (Wildman–Crippen MR) is 103 cm³/mol. The highest BCUT2D eigenvalue weighted by molar-refractivity contribution is 6.06. The number of aromatic amines is 1. The predicted octanol–water partition coefficient (Wildman–Crippen LogP) is 2.30. The molecule has 0 fully saturated rings. The molecule has 0 aliphatic heterocycles. The molecule has 0 aliphatic carbocycles. The third-order valence-corrected chi connectivity index (χ3v) is 4.27. The number of hydrogen-bond acceptors (Lipinski definition) is 5. The number of carbonyl (C=O) groups excluding carboxylic acids is 1. The fraction of sp³-hybridized carbons (Fsp3) is 0.412. The minimum Gasteiger partial charge on any atom is -0.342 e. The molecule has 1 amide bonds. The lowest BCUT2D eigenvalue weighted by Gasteiger charge is -2.22. The number of fused-ring (bicyclic) bond motifs is 1. The molecule has 0 bridgehead atoms. The quantitative estimate of drug-likeness (QED) is 0.586. The molecule has 1 heterocycles. The van der Waals surface area contributed by atoms with Crippen LogP contribution in [0, 0.1) is 16.0 Å². The van der Waals surface area contributed by atoms with Crippen molar-refractivity contribution in [2.75, 3.05) is 13.6 Å². The number of benzene rings is 1. The minimum atomic E-state index is -0.538. The molecule has 1 aromatic heterocycles. The highest BCUT2D eigenvalue weighted by Gasteiger charge is 2.19. The number of amides is 1. The summed E-state index contributed by atoms with van der Waals surface area (Å²) >= 11 is 0. The maximum Gasteiger partial charge on any atom is 0.270 e. The second-order valence-corrected chi connectivity index (χ2v) is 6.46. The second kappa shape index (κ2) is 8.77. The number of nitro benzene ring substituents is 1. The van der Waals surface area contributed by atoms with Crippen LogP contribution in [0.3, 0.4) is 0 Å². The lowest BCUT2D eigenvalue weighted by atomic mass is 10.0. The minimum absolute atomic E-state index is 0. The number of nitro groups is 1. The van der Waals surface area contributed by atoms with Crippen molar-refractivity contribution in [2.24, 2.45) is 11.7 Å². The van der Waals surface area contributed by atoms with Gasteiger partial charge in [-0.1, -0.05) is 13.8 Å². The maximum absolute atomic E-state index is 12.7. The summed E-state index contributed by atoms with van der Waals surface area (Å²) in [5.74, 6) is -0.0703. The van der Waals surface area contributed by atoms with Gasteiger partial charge in [-0.15, -0.1) is 12.4 Å². The van der Waals surface area contributed by atoms with E-state index in [9.17, 15) is 19.7 Å². The Morgan fingerprint density at radius 2 is 2.00 bits per heavy atom. The number of halogens is 1. The maximum atomic E-state index is 12.7. The Kier molecular flexibility index (Phi) is 7.29. The Bertz CT molecular complexity index is 865. The van der Waals surface area contributed by atoms with Crippen molar-refractivity contribution in [2.45, 2.75) is 26.3 Å². The van der Waals surface area contributed by atoms with E-state index in [4.69, 9.17) is 5.73 Å². The van der Waals surface area contributed by atoms with Crippen LogP contribution in [-0.4, -0.2) is 40.3 Å². The van der Waals surface area contributed by atoms with Crippen LogP contribution in [0.1, 0.15) is 30.6 Å². The van der Waals surface area contributed by atoms with Gasteiger partial charge in [0.2, 0.25) is 5.56 Å². The molecule has 2 aromatic rings. The van der Waals surface area contributed by atoms with Gasteiger partial charge < -0.3 is 15.6 Å². The highest BCUT2D eigenvalue weighted by Crippen LogP contribution is 2.22. The molecule has 2 rings (SSSR count). The van der Waals surface area contributed by atoms with Crippen molar-refractivity contribution in [3.63, 3.8) is 0 Å². The molecular formula is C17H23ClN4O4. The lowest BCUT2D eigenvalue weighted by molar-refractivity contribution is -0.384. The van der Waals surface area contributed by atoms with Gasteiger partial charge >= 0.3 is 0 Å². The third-order valence-electron chi connectivity index (χ3n) is 4.27. The van der Waals surface area contributed by atoms with Gasteiger partial charge in [0.1, 0.15) is 0 Å². The van der Waals surface area contributed by atoms with Gasteiger partial charge in [0.05, 0.1) is 10.5 Å². The average molecular weight is 383 g/mol. The van der Waals surface area contributed by atoms with Crippen LogP contribution in [0.4, 0.5) is 5.69 Å². The molecule has 1 atom stereocenters. The number of pyridine rings is 1. The Morgan fingerprint density at radius 1 is 1.35 bits per heavy atom. The molecule has 0 saturated heterocycles. The molecular weight excluding hydrogens is 360 g/mol. The van der Waals surface area contributed by atoms with Crippen LogP contribution in [0.25, 0.3) is 10.9 Å². The van der Waals surface area contributed by atoms with Crippen LogP contribution < -0.4 is 11.3 Å². The Hall–Kier alpha value is -2.45. The molecule has 0 radical (unpaired) electrons. The first-order valence-electron chi connectivity index (χ1n) is 8.03. The molecule has 1 unspecified atom stereocenters. The Balaban J connectivity index is 0.00000338. The third kappa shape index (κ3) is 4.80. The van der Waals surface area contributed by atoms with E-state index in [0.29, 0.717) is 29.8 Å². The van der Waals surface area contributed by atoms with E-state index in [1.165, 1.54) is 29.2 Å². The van der Waals surface area contributed by atoms with Gasteiger partial charge in [-0.2, -0.15) is 0 Å². The van der Waals surface area contributed by atoms with Crippen LogP contribution >= 0.6 is 12.4 Å². The van der Waals surface area contributed by atoms with Gasteiger partial charge in [-0.05, 0) is 18.4 Å². The summed E-state index contributed by atoms with van der Waals surface area (Å²) in [6.07, 6.45) is 0.626. The zero-order valence-electron chi connectivity index (χ0n) is 14.9. The fourth-order valence-corrected chi connectivity index (χ4v) is 2.52. The van der Waals surface area contributed by atoms with Gasteiger partial charge in [-0.3, -0.25) is 19.7 Å². The number of nitrogens with one attached hydrogen (secondary N) is 1. The fourth-order valence-electron chi connectivity index (χ4n) is 2.52. The van der Waals surface area contributed by atoms with Crippen molar-refractivity contribution in [1.82, 2.24) is 9.88 Å². The van der Waals surface area contributed by atoms with Crippen molar-refractivity contribution in [1.29, 1.82) is 0 Å². The topological polar surface area (TPSA) is 122 Å². The first-order chi connectivity index (χ1) is 11.7. The van der Waals surface area contributed by atoms with Crippen molar-refractivity contribution in [3.05, 3.63) is 50.3 Å². The summed E-state index contributed by atoms with van der Waals surface area (Å²) in [4.78, 5) is 39.1. The van der Waals surface area contributed by atoms with Gasteiger partial charge in [-0.25, -0.2) is 0 Å². The molecule has 0 spiro atoms. The number of nitrogens with zero attached hydrogens (tertiary/aromatic N) is 2. The first-order valence-corrected chi connectivity index (χ1v) is 8.03. The molecule has 26 heavy (non-hydrogen) atoms. The monoisotopic (exact) mass is 382 g/mol. The van der Waals surface area contributed by atoms with Crippen molar-refractivity contribution in [3.8, 4) is 0 Å². The van der Waals surface area contributed by atoms with Gasteiger partial charge in [0, 0.05) is 48.7 Å². The molecule has 142 valence electrons. The summed E-state index contributed by atoms with van der Waals surface area (Å²) in [6, 6.07) is 5.16. The number of non-ortho nitro benzene ring substituents is 1. The molecule has 8 nitrogen and oxygen atoms in total. The van der Waals surface area contributed by atoms with Crippen molar-refractivity contribution < 1.29 is 9.72 Å². The van der Waals surface area contributed by atoms with Crippen LogP contribution in [-0.2, 0) is 0 Å². The van der Waals surface area contributed by atoms with E-state index in [1.54, 1.807) is 7.05 Å². The normalized spacial score (nSPS) is 11.9. The average Bonchev–Trinajstić information content (AvgIpc) is 2.57. The number of H-pyrrole nitrogens is 1. The molecule has 3 N–H and O–H groups in total. The number of hydrogen-bond donors (Lipinski definition) is 2. The van der Waals surface area contributed by atoms with E-state index in [2.05, 4.69) is 4.98 Å². The van der Waals surface area contributed by atoms with E-state index < -0.39 is 10.5 Å². The van der Waals surface area contributed by atoms with Crippen LogP contribution in [0.5, 0.6) is 0 Å². The summed E-state index contributed by atoms with van der Waals surface area (Å²) in [5.41, 5.74) is 5.95. The van der Waals surface area contributed by atoms with Gasteiger partial charge in [0.15, 0.2) is 0 Å². The Morgan fingerprint density at radius 3 is 2.58 bits per heavy atom. The van der Waals surface area contributed by atoms with E-state index >= 15 is 0 Å². The zero-order chi connectivity index (χ0) is 18.7. The van der Waals surface area contributed by atoms with Crippen molar-refractivity contribution >= 4 is 34.9 Å². The zero-order valence-corrected chi connectivity index (χ0v) is 15.7. The second-order valence-electron chi connectivity index (χ2n) is 6.46. The number of nitrogens with two attached hydrogens (primary N) is 1. The van der Waals surface area contributed by atoms with Gasteiger partial charge in [0.25, 0.3) is 11.6 Å². The van der Waals surface area contributed by atoms with E-state index in [-0.39, 0.29) is 35.6 Å². The Labute approximate surface area is 156 Å². The van der Waals surface area contributed by atoms with E-state index in [1.807, 2.05) is 13.8 Å². The SMILES string of the molecule is CC(C)C(N)CCN(C)C(=O)c1cc(=O)[nH]c2ccc([N+](=O)[O-])cc12.Cl. The first kappa shape index (κ1) is 21.6. The standard InChI is InChI=1S/C17H22N4O4.ClH/c1-10(2)14(18)6-7-20(3)17(23)13-9-16(22)19-15-5-4-11(21(24)25)8-12(13)15;/h4-5,8-10,14H,6-7,18H2,1-3H3,(H,19,22);1H. The molecule has 0 saturated carbocycles. The largest absolute Gasteiger partial charge is 0.342 e. The summed E-state index contributed by atoms with van der Waals surface area (Å²) in [6.45, 7) is 4.45. The lowest BCUT2D eigenvalue weighted by Crippen LogP contribution is -2.35. The van der Waals surface area contributed by atoms with Crippen LogP contribution in [0.15, 0.2) is 29.1 Å². The van der Waals surface area contributed by atoms with E-state index in [0.717, 1.165) is 0 Å². The van der Waals surface area contributed by atoms with Crippen LogP contribution in [0.2, 0.25) is 0 Å². The number of aromatic nitrogens is 1. The highest BCUT2D eigenvalue weighted by atomic mass is 35.5.